The fraction of sp³-hybridized carbons (Fsp3) is 0.429. The lowest BCUT2D eigenvalue weighted by atomic mass is 9.92. The number of likely N-dealkylation sites (tertiary alicyclic amines) is 1. The molecule has 1 aliphatic carbocycles. The van der Waals surface area contributed by atoms with Gasteiger partial charge in [-0.05, 0) is 50.2 Å². The molecule has 2 aliphatic rings. The quantitative estimate of drug-likeness (QED) is 0.420. The molecule has 1 saturated carbocycles. The van der Waals surface area contributed by atoms with Crippen molar-refractivity contribution in [1.29, 1.82) is 5.26 Å². The summed E-state index contributed by atoms with van der Waals surface area (Å²) in [5, 5.41) is 12.5. The molecule has 194 valence electrons. The summed E-state index contributed by atoms with van der Waals surface area (Å²) in [5.74, 6) is 1.06. The number of amides is 1. The van der Waals surface area contributed by atoms with Gasteiger partial charge in [-0.25, -0.2) is 4.39 Å². The molecule has 2 aromatic carbocycles. The van der Waals surface area contributed by atoms with E-state index in [0.717, 1.165) is 12.1 Å². The van der Waals surface area contributed by atoms with Gasteiger partial charge in [0.05, 0.1) is 30.3 Å². The molecule has 0 aromatic heterocycles. The molecule has 37 heavy (non-hydrogen) atoms. The molecule has 1 saturated heterocycles. The highest BCUT2D eigenvalue weighted by Gasteiger charge is 2.37. The molecule has 0 bridgehead atoms. The number of carbonyl (C=O) groups is 1. The van der Waals surface area contributed by atoms with Crippen LogP contribution in [0.15, 0.2) is 42.5 Å². The highest BCUT2D eigenvalue weighted by Crippen LogP contribution is 2.40. The molecule has 0 radical (unpaired) electrons. The third-order valence-electron chi connectivity index (χ3n) is 6.98. The summed E-state index contributed by atoms with van der Waals surface area (Å²) in [6, 6.07) is 11.3. The van der Waals surface area contributed by atoms with E-state index in [1.807, 2.05) is 0 Å². The van der Waals surface area contributed by atoms with E-state index in [4.69, 9.17) is 11.2 Å². The van der Waals surface area contributed by atoms with Gasteiger partial charge in [0, 0.05) is 17.7 Å². The van der Waals surface area contributed by atoms with Gasteiger partial charge < -0.3 is 15.0 Å². The lowest BCUT2D eigenvalue weighted by Gasteiger charge is -2.31. The second-order valence-electron chi connectivity index (χ2n) is 9.37. The molecule has 1 amide bonds. The Morgan fingerprint density at radius 1 is 1.08 bits per heavy atom. The average molecular weight is 514 g/mol. The zero-order valence-corrected chi connectivity index (χ0v) is 20.1. The van der Waals surface area contributed by atoms with Crippen molar-refractivity contribution in [3.05, 3.63) is 53.8 Å². The molecule has 5 nitrogen and oxygen atoms in total. The van der Waals surface area contributed by atoms with Crippen molar-refractivity contribution in [2.24, 2.45) is 0 Å². The Hall–Kier alpha value is -3.56. The van der Waals surface area contributed by atoms with Crippen molar-refractivity contribution in [2.45, 2.75) is 68.9 Å². The van der Waals surface area contributed by atoms with Gasteiger partial charge in [0.25, 0.3) is 0 Å². The molecule has 2 atom stereocenters. The van der Waals surface area contributed by atoms with E-state index < -0.39 is 23.6 Å². The molecular weight excluding hydrogens is 486 g/mol. The van der Waals surface area contributed by atoms with E-state index in [0.29, 0.717) is 44.1 Å². The summed E-state index contributed by atoms with van der Waals surface area (Å²) in [6.45, 7) is 0.0643. The van der Waals surface area contributed by atoms with Crippen molar-refractivity contribution >= 4 is 5.91 Å². The van der Waals surface area contributed by atoms with Gasteiger partial charge in [-0.1, -0.05) is 36.3 Å². The Morgan fingerprint density at radius 3 is 2.38 bits per heavy atom. The smallest absolute Gasteiger partial charge is 0.419 e. The van der Waals surface area contributed by atoms with Crippen LogP contribution in [0.1, 0.15) is 44.1 Å². The number of ether oxygens (including phenoxy) is 1. The minimum atomic E-state index is -4.82. The van der Waals surface area contributed by atoms with Gasteiger partial charge in [-0.3, -0.25) is 4.79 Å². The second kappa shape index (κ2) is 11.2. The number of carbonyl (C=O) groups excluding carboxylic acids is 1. The molecular formula is C28H27F4N3O2. The van der Waals surface area contributed by atoms with Gasteiger partial charge in [0.15, 0.2) is 0 Å². The monoisotopic (exact) mass is 513 g/mol. The lowest BCUT2D eigenvalue weighted by Crippen LogP contribution is -2.47. The maximum absolute atomic E-state index is 14.4. The number of nitrogens with one attached hydrogen (secondary N) is 1. The van der Waals surface area contributed by atoms with Crippen LogP contribution in [0.5, 0.6) is 5.75 Å². The highest BCUT2D eigenvalue weighted by atomic mass is 19.4. The van der Waals surface area contributed by atoms with E-state index in [9.17, 15) is 27.6 Å². The summed E-state index contributed by atoms with van der Waals surface area (Å²) >= 11 is 0. The molecule has 1 N–H and O–H groups in total. The first kappa shape index (κ1) is 26.5. The van der Waals surface area contributed by atoms with Crippen molar-refractivity contribution in [1.82, 2.24) is 10.2 Å². The van der Waals surface area contributed by atoms with Gasteiger partial charge in [-0.2, -0.15) is 18.4 Å². The van der Waals surface area contributed by atoms with Crippen LogP contribution in [0.4, 0.5) is 17.6 Å². The normalized spacial score (nSPS) is 23.8. The number of terminal acetylenes is 1. The summed E-state index contributed by atoms with van der Waals surface area (Å²) in [5.41, 5.74) is -0.652. The van der Waals surface area contributed by atoms with E-state index in [1.54, 1.807) is 30.3 Å². The van der Waals surface area contributed by atoms with Gasteiger partial charge in [0.2, 0.25) is 5.91 Å². The van der Waals surface area contributed by atoms with Gasteiger partial charge in [0.1, 0.15) is 17.6 Å². The van der Waals surface area contributed by atoms with Crippen LogP contribution >= 0.6 is 0 Å². The Labute approximate surface area is 213 Å². The molecule has 0 spiro atoms. The largest absolute Gasteiger partial charge is 0.490 e. The minimum Gasteiger partial charge on any atom is -0.490 e. The number of nitrogens with zero attached hydrogens (tertiary/aromatic N) is 2. The van der Waals surface area contributed by atoms with E-state index in [2.05, 4.69) is 17.3 Å². The first-order chi connectivity index (χ1) is 17.7. The molecule has 4 rings (SSSR count). The Balaban J connectivity index is 1.38. The van der Waals surface area contributed by atoms with Crippen molar-refractivity contribution in [3.8, 4) is 35.3 Å². The SMILES string of the molecule is C#C[C@H]1CC[C@@H](C#N)N1C(=O)CN[C@H]1CC[C@H](Oc2cc(F)c(C(F)(F)F)cc2-c2ccccc2)CC1. The number of alkyl halides is 3. The molecule has 1 heterocycles. The average Bonchev–Trinajstić information content (AvgIpc) is 3.31. The maximum Gasteiger partial charge on any atom is 0.419 e. The zero-order valence-electron chi connectivity index (χ0n) is 20.1. The maximum atomic E-state index is 14.4. The first-order valence-corrected chi connectivity index (χ1v) is 12.2. The fourth-order valence-electron chi connectivity index (χ4n) is 5.05. The second-order valence-corrected chi connectivity index (χ2v) is 9.37. The number of hydrogen-bond donors (Lipinski definition) is 1. The van der Waals surface area contributed by atoms with Crippen LogP contribution in [-0.4, -0.2) is 41.6 Å². The fourth-order valence-corrected chi connectivity index (χ4v) is 5.05. The van der Waals surface area contributed by atoms with E-state index in [1.165, 1.54) is 4.90 Å². The van der Waals surface area contributed by atoms with Crippen LogP contribution in [0, 0.1) is 29.5 Å². The van der Waals surface area contributed by atoms with Crippen LogP contribution in [0.2, 0.25) is 0 Å². The predicted octanol–water partition coefficient (Wildman–Crippen LogP) is 5.31. The van der Waals surface area contributed by atoms with Crippen LogP contribution in [-0.2, 0) is 11.0 Å². The molecule has 2 aromatic rings. The number of halogens is 4. The number of hydrogen-bond acceptors (Lipinski definition) is 4. The van der Waals surface area contributed by atoms with Crippen LogP contribution in [0.3, 0.4) is 0 Å². The summed E-state index contributed by atoms with van der Waals surface area (Å²) in [6.07, 6.45) is 4.07. The minimum absolute atomic E-state index is 0.0363. The number of nitriles is 1. The first-order valence-electron chi connectivity index (χ1n) is 12.2. The van der Waals surface area contributed by atoms with Crippen molar-refractivity contribution in [2.75, 3.05) is 6.54 Å². The number of rotatable bonds is 6. The van der Waals surface area contributed by atoms with E-state index in [-0.39, 0.29) is 42.0 Å². The predicted molar refractivity (Wildman–Crippen MR) is 130 cm³/mol. The molecule has 1 aliphatic heterocycles. The Bertz CT molecular complexity index is 1170. The summed E-state index contributed by atoms with van der Waals surface area (Å²) < 4.78 is 60.5. The summed E-state index contributed by atoms with van der Waals surface area (Å²) in [4.78, 5) is 14.2. The van der Waals surface area contributed by atoms with Gasteiger partial charge in [-0.15, -0.1) is 6.42 Å². The molecule has 9 heteroatoms. The number of benzene rings is 2. The standard InChI is InChI=1S/C28H27F4N3O2/c1-2-20-10-11-21(16-33)35(20)27(36)17-34-19-8-12-22(13-9-19)37-26-15-25(29)24(28(30,31)32)14-23(26)18-6-4-3-5-7-18/h1,3-7,14-15,19-22,34H,8-13,17H2/t19-,20-,21-,22-/m0/s1. The van der Waals surface area contributed by atoms with Gasteiger partial charge >= 0.3 is 6.18 Å². The lowest BCUT2D eigenvalue weighted by molar-refractivity contribution is -0.140. The van der Waals surface area contributed by atoms with Crippen LogP contribution in [0.25, 0.3) is 11.1 Å². The highest BCUT2D eigenvalue weighted by molar-refractivity contribution is 5.80. The Morgan fingerprint density at radius 2 is 1.76 bits per heavy atom. The topological polar surface area (TPSA) is 65.4 Å². The van der Waals surface area contributed by atoms with E-state index >= 15 is 0 Å². The van der Waals surface area contributed by atoms with Crippen LogP contribution < -0.4 is 10.1 Å². The third-order valence-corrected chi connectivity index (χ3v) is 6.98. The summed E-state index contributed by atoms with van der Waals surface area (Å²) in [7, 11) is 0. The molecule has 2 fully saturated rings. The third kappa shape index (κ3) is 6.06. The molecule has 0 unspecified atom stereocenters. The van der Waals surface area contributed by atoms with Crippen molar-refractivity contribution < 1.29 is 27.1 Å². The zero-order chi connectivity index (χ0) is 26.6. The van der Waals surface area contributed by atoms with Crippen molar-refractivity contribution in [3.63, 3.8) is 0 Å². The Kier molecular flexibility index (Phi) is 8.04.